The standard InChI is InChI=1S/C19H18BNO6/c22-15(11-21-18(23)12-5-2-1-3-6-12)10-14-9-13-7-4-8-16(19(24)25)17(13)27-20(14)26/h1-8,14,26H,9-11H2,(H,21,23)(H,24,25)/t14-/m1/s1. The Hall–Kier alpha value is -3.13. The SMILES string of the molecule is O=C(CNC(=O)c1ccccc1)C[C@H]1Cc2cccc(C(=O)O)c2OB1O. The average molecular weight is 367 g/mol. The van der Waals surface area contributed by atoms with Crippen LogP contribution in [-0.2, 0) is 11.2 Å². The molecule has 7 nitrogen and oxygen atoms in total. The highest BCUT2D eigenvalue weighted by Gasteiger charge is 2.37. The molecule has 0 saturated carbocycles. The molecular formula is C19H18BNO6. The molecular weight excluding hydrogens is 349 g/mol. The molecule has 2 aromatic carbocycles. The molecule has 1 aliphatic rings. The van der Waals surface area contributed by atoms with E-state index < -0.39 is 18.9 Å². The number of aromatic carboxylic acids is 1. The van der Waals surface area contributed by atoms with Gasteiger partial charge in [0.05, 0.1) is 12.1 Å². The molecule has 3 N–H and O–H groups in total. The third kappa shape index (κ3) is 4.35. The molecule has 27 heavy (non-hydrogen) atoms. The van der Waals surface area contributed by atoms with E-state index in [0.717, 1.165) is 0 Å². The van der Waals surface area contributed by atoms with Crippen LogP contribution in [0.2, 0.25) is 5.82 Å². The lowest BCUT2D eigenvalue weighted by Gasteiger charge is -2.28. The van der Waals surface area contributed by atoms with Crippen molar-refractivity contribution in [2.45, 2.75) is 18.7 Å². The van der Waals surface area contributed by atoms with Crippen LogP contribution in [0.4, 0.5) is 0 Å². The summed E-state index contributed by atoms with van der Waals surface area (Å²) in [6, 6.07) is 13.3. The summed E-state index contributed by atoms with van der Waals surface area (Å²) in [5.41, 5.74) is 1.07. The summed E-state index contributed by atoms with van der Waals surface area (Å²) in [4.78, 5) is 35.4. The van der Waals surface area contributed by atoms with Gasteiger partial charge in [0, 0.05) is 17.8 Å². The van der Waals surface area contributed by atoms with Crippen molar-refractivity contribution in [3.63, 3.8) is 0 Å². The molecule has 0 aliphatic carbocycles. The Labute approximate surface area is 156 Å². The summed E-state index contributed by atoms with van der Waals surface area (Å²) in [7, 11) is -1.29. The molecule has 2 aromatic rings. The fraction of sp³-hybridized carbons (Fsp3) is 0.211. The Morgan fingerprint density at radius 1 is 1.11 bits per heavy atom. The smallest absolute Gasteiger partial charge is 0.526 e. The number of hydrogen-bond donors (Lipinski definition) is 3. The molecule has 1 atom stereocenters. The molecule has 1 heterocycles. The zero-order chi connectivity index (χ0) is 19.4. The summed E-state index contributed by atoms with van der Waals surface area (Å²) in [6.45, 7) is -0.154. The van der Waals surface area contributed by atoms with Crippen LogP contribution in [0.3, 0.4) is 0 Å². The van der Waals surface area contributed by atoms with Gasteiger partial charge in [-0.3, -0.25) is 9.59 Å². The zero-order valence-corrected chi connectivity index (χ0v) is 14.4. The number of rotatable bonds is 6. The molecule has 138 valence electrons. The first-order valence-electron chi connectivity index (χ1n) is 8.50. The Bertz CT molecular complexity index is 870. The average Bonchev–Trinajstić information content (AvgIpc) is 2.66. The first-order valence-corrected chi connectivity index (χ1v) is 8.50. The quantitative estimate of drug-likeness (QED) is 0.668. The van der Waals surface area contributed by atoms with Gasteiger partial charge < -0.3 is 20.1 Å². The highest BCUT2D eigenvalue weighted by atomic mass is 16.5. The minimum atomic E-state index is -1.29. The number of benzene rings is 2. The van der Waals surface area contributed by atoms with Crippen LogP contribution in [0.5, 0.6) is 5.75 Å². The lowest BCUT2D eigenvalue weighted by atomic mass is 9.64. The number of carboxylic acids is 1. The molecule has 0 spiro atoms. The van der Waals surface area contributed by atoms with E-state index in [1.165, 1.54) is 6.07 Å². The monoisotopic (exact) mass is 367 g/mol. The molecule has 0 aromatic heterocycles. The van der Waals surface area contributed by atoms with Crippen molar-refractivity contribution in [2.75, 3.05) is 6.54 Å². The maximum Gasteiger partial charge on any atom is 0.526 e. The zero-order valence-electron chi connectivity index (χ0n) is 14.4. The minimum absolute atomic E-state index is 0.00692. The van der Waals surface area contributed by atoms with Gasteiger partial charge in [0.1, 0.15) is 5.75 Å². The molecule has 0 bridgehead atoms. The molecule has 8 heteroatoms. The molecule has 0 radical (unpaired) electrons. The number of amides is 1. The largest absolute Gasteiger partial charge is 0.535 e. The van der Waals surface area contributed by atoms with E-state index in [0.29, 0.717) is 17.5 Å². The van der Waals surface area contributed by atoms with Gasteiger partial charge >= 0.3 is 13.1 Å². The number of carboxylic acid groups (broad SMARTS) is 1. The van der Waals surface area contributed by atoms with Crippen LogP contribution in [0.1, 0.15) is 32.7 Å². The predicted octanol–water partition coefficient (Wildman–Crippen LogP) is 1.56. The number of nitrogens with one attached hydrogen (secondary N) is 1. The van der Waals surface area contributed by atoms with Gasteiger partial charge in [0.15, 0.2) is 5.78 Å². The molecule has 0 fully saturated rings. The fourth-order valence-corrected chi connectivity index (χ4v) is 3.06. The Balaban J connectivity index is 1.59. The van der Waals surface area contributed by atoms with E-state index in [2.05, 4.69) is 5.32 Å². The van der Waals surface area contributed by atoms with Crippen molar-refractivity contribution < 1.29 is 29.2 Å². The van der Waals surface area contributed by atoms with Gasteiger partial charge in [0.2, 0.25) is 0 Å². The van der Waals surface area contributed by atoms with Crippen molar-refractivity contribution >= 4 is 24.8 Å². The Kier molecular flexibility index (Phi) is 5.56. The summed E-state index contributed by atoms with van der Waals surface area (Å²) >= 11 is 0. The summed E-state index contributed by atoms with van der Waals surface area (Å²) in [5, 5.41) is 21.9. The van der Waals surface area contributed by atoms with Gasteiger partial charge in [-0.25, -0.2) is 4.79 Å². The van der Waals surface area contributed by atoms with Crippen LogP contribution in [0, 0.1) is 0 Å². The number of hydrogen-bond acceptors (Lipinski definition) is 5. The van der Waals surface area contributed by atoms with Gasteiger partial charge in [0.25, 0.3) is 5.91 Å². The molecule has 0 saturated heterocycles. The highest BCUT2D eigenvalue weighted by Crippen LogP contribution is 2.36. The van der Waals surface area contributed by atoms with Crippen molar-refractivity contribution in [3.8, 4) is 5.75 Å². The maximum atomic E-state index is 12.2. The highest BCUT2D eigenvalue weighted by molar-refractivity contribution is 6.47. The van der Waals surface area contributed by atoms with E-state index in [9.17, 15) is 24.5 Å². The second-order valence-corrected chi connectivity index (χ2v) is 6.36. The fourth-order valence-electron chi connectivity index (χ4n) is 3.06. The summed E-state index contributed by atoms with van der Waals surface area (Å²) in [6.07, 6.45) is 0.322. The minimum Gasteiger partial charge on any atom is -0.535 e. The van der Waals surface area contributed by atoms with Crippen LogP contribution < -0.4 is 9.97 Å². The third-order valence-electron chi connectivity index (χ3n) is 4.42. The van der Waals surface area contributed by atoms with E-state index >= 15 is 0 Å². The van der Waals surface area contributed by atoms with Crippen LogP contribution in [0.15, 0.2) is 48.5 Å². The second kappa shape index (κ2) is 8.05. The van der Waals surface area contributed by atoms with Gasteiger partial charge in [-0.05, 0) is 30.2 Å². The Morgan fingerprint density at radius 2 is 1.85 bits per heavy atom. The number of carbonyl (C=O) groups excluding carboxylic acids is 2. The summed E-state index contributed by atoms with van der Waals surface area (Å²) < 4.78 is 5.37. The number of carbonyl (C=O) groups is 3. The number of ketones is 1. The van der Waals surface area contributed by atoms with Crippen molar-refractivity contribution in [3.05, 3.63) is 65.2 Å². The van der Waals surface area contributed by atoms with E-state index in [1.54, 1.807) is 42.5 Å². The lowest BCUT2D eigenvalue weighted by Crippen LogP contribution is -2.37. The lowest BCUT2D eigenvalue weighted by molar-refractivity contribution is -0.118. The van der Waals surface area contributed by atoms with Gasteiger partial charge in [-0.1, -0.05) is 30.3 Å². The van der Waals surface area contributed by atoms with E-state index in [1.807, 2.05) is 0 Å². The molecule has 3 rings (SSSR count). The van der Waals surface area contributed by atoms with Crippen molar-refractivity contribution in [1.29, 1.82) is 0 Å². The van der Waals surface area contributed by atoms with Crippen LogP contribution in [-0.4, -0.2) is 41.5 Å². The predicted molar refractivity (Wildman–Crippen MR) is 97.9 cm³/mol. The van der Waals surface area contributed by atoms with E-state index in [-0.39, 0.29) is 36.0 Å². The second-order valence-electron chi connectivity index (χ2n) is 6.36. The third-order valence-corrected chi connectivity index (χ3v) is 4.42. The van der Waals surface area contributed by atoms with E-state index in [4.69, 9.17) is 4.65 Å². The first-order chi connectivity index (χ1) is 13.0. The number of fused-ring (bicyclic) bond motifs is 1. The normalized spacial score (nSPS) is 15.4. The van der Waals surface area contributed by atoms with Crippen LogP contribution >= 0.6 is 0 Å². The molecule has 0 unspecified atom stereocenters. The molecule has 1 amide bonds. The van der Waals surface area contributed by atoms with Gasteiger partial charge in [-0.2, -0.15) is 0 Å². The molecule has 1 aliphatic heterocycles. The topological polar surface area (TPSA) is 113 Å². The number of Topliss-reactive ketones (excluding diaryl/α,β-unsaturated/α-hetero) is 1. The Morgan fingerprint density at radius 3 is 2.56 bits per heavy atom. The van der Waals surface area contributed by atoms with Crippen molar-refractivity contribution in [1.82, 2.24) is 5.32 Å². The van der Waals surface area contributed by atoms with Gasteiger partial charge in [-0.15, -0.1) is 0 Å². The number of para-hydroxylation sites is 1. The maximum absolute atomic E-state index is 12.2. The van der Waals surface area contributed by atoms with Crippen molar-refractivity contribution in [2.24, 2.45) is 0 Å². The first kappa shape index (κ1) is 18.7. The van der Waals surface area contributed by atoms with Crippen LogP contribution in [0.25, 0.3) is 0 Å². The summed E-state index contributed by atoms with van der Waals surface area (Å²) in [5.74, 6) is -2.11.